The molecule has 0 saturated carbocycles. The van der Waals surface area contributed by atoms with Crippen molar-refractivity contribution in [2.45, 2.75) is 39.4 Å². The van der Waals surface area contributed by atoms with E-state index in [9.17, 15) is 4.79 Å². The molecule has 0 radical (unpaired) electrons. The van der Waals surface area contributed by atoms with Crippen molar-refractivity contribution < 1.29 is 9.53 Å². The summed E-state index contributed by atoms with van der Waals surface area (Å²) in [5.74, 6) is 0.173. The van der Waals surface area contributed by atoms with E-state index >= 15 is 0 Å². The highest BCUT2D eigenvalue weighted by Crippen LogP contribution is 2.28. The van der Waals surface area contributed by atoms with Crippen molar-refractivity contribution >= 4 is 5.91 Å². The van der Waals surface area contributed by atoms with Crippen LogP contribution < -0.4 is 5.32 Å². The second-order valence-electron chi connectivity index (χ2n) is 5.53. The first-order valence-corrected chi connectivity index (χ1v) is 7.17. The zero-order chi connectivity index (χ0) is 14.7. The maximum Gasteiger partial charge on any atom is 0.241 e. The first-order chi connectivity index (χ1) is 9.54. The molecular weight excluding hydrogens is 252 g/mol. The van der Waals surface area contributed by atoms with Gasteiger partial charge in [-0.15, -0.1) is 0 Å². The monoisotopic (exact) mass is 276 g/mol. The summed E-state index contributed by atoms with van der Waals surface area (Å²) in [5, 5.41) is 3.40. The average Bonchev–Trinajstić information content (AvgIpc) is 2.70. The number of benzene rings is 1. The number of methoxy groups -OCH3 is 1. The third kappa shape index (κ3) is 3.02. The van der Waals surface area contributed by atoms with Gasteiger partial charge in [0.2, 0.25) is 5.91 Å². The van der Waals surface area contributed by atoms with Crippen molar-refractivity contribution in [1.82, 2.24) is 10.2 Å². The van der Waals surface area contributed by atoms with Crippen LogP contribution in [0.2, 0.25) is 0 Å². The van der Waals surface area contributed by atoms with Crippen LogP contribution in [-0.2, 0) is 9.53 Å². The highest BCUT2D eigenvalue weighted by atomic mass is 16.5. The maximum absolute atomic E-state index is 12.3. The predicted molar refractivity (Wildman–Crippen MR) is 79.5 cm³/mol. The number of nitrogens with one attached hydrogen (secondary N) is 1. The lowest BCUT2D eigenvalue weighted by Gasteiger charge is -2.26. The molecule has 1 aromatic carbocycles. The van der Waals surface area contributed by atoms with E-state index in [1.807, 2.05) is 11.8 Å². The molecule has 4 heteroatoms. The van der Waals surface area contributed by atoms with Crippen molar-refractivity contribution in [2.75, 3.05) is 20.3 Å². The molecule has 1 fully saturated rings. The number of carbonyl (C=O) groups excluding carboxylic acids is 1. The summed E-state index contributed by atoms with van der Waals surface area (Å²) in [4.78, 5) is 14.2. The molecule has 1 N–H and O–H groups in total. The first kappa shape index (κ1) is 15.0. The van der Waals surface area contributed by atoms with Crippen molar-refractivity contribution in [3.8, 4) is 0 Å². The second-order valence-corrected chi connectivity index (χ2v) is 5.53. The molecule has 2 rings (SSSR count). The van der Waals surface area contributed by atoms with E-state index in [-0.39, 0.29) is 18.1 Å². The lowest BCUT2D eigenvalue weighted by Crippen LogP contribution is -2.32. The van der Waals surface area contributed by atoms with E-state index in [4.69, 9.17) is 4.74 Å². The fourth-order valence-corrected chi connectivity index (χ4v) is 2.70. The van der Waals surface area contributed by atoms with E-state index in [1.165, 1.54) is 16.7 Å². The number of carbonyl (C=O) groups is 1. The van der Waals surface area contributed by atoms with Gasteiger partial charge in [0.25, 0.3) is 0 Å². The van der Waals surface area contributed by atoms with Gasteiger partial charge in [0, 0.05) is 20.3 Å². The zero-order valence-corrected chi connectivity index (χ0v) is 12.8. The van der Waals surface area contributed by atoms with Crippen molar-refractivity contribution in [2.24, 2.45) is 0 Å². The lowest BCUT2D eigenvalue weighted by molar-refractivity contribution is -0.130. The Morgan fingerprint density at radius 1 is 1.35 bits per heavy atom. The van der Waals surface area contributed by atoms with Gasteiger partial charge in [0.15, 0.2) is 0 Å². The van der Waals surface area contributed by atoms with E-state index in [2.05, 4.69) is 37.4 Å². The molecular formula is C16H24N2O2. The SMILES string of the molecule is COCCCN1C(=O)C(C)NC1c1cc(C)ccc1C. The summed E-state index contributed by atoms with van der Waals surface area (Å²) in [6, 6.07) is 6.27. The van der Waals surface area contributed by atoms with Crippen LogP contribution in [0.1, 0.15) is 36.2 Å². The molecule has 1 heterocycles. The molecule has 4 nitrogen and oxygen atoms in total. The summed E-state index contributed by atoms with van der Waals surface area (Å²) >= 11 is 0. The Kier molecular flexibility index (Phi) is 4.78. The molecule has 0 spiro atoms. The van der Waals surface area contributed by atoms with Crippen molar-refractivity contribution in [1.29, 1.82) is 0 Å². The Morgan fingerprint density at radius 2 is 2.10 bits per heavy atom. The second kappa shape index (κ2) is 6.37. The quantitative estimate of drug-likeness (QED) is 0.838. The highest BCUT2D eigenvalue weighted by Gasteiger charge is 2.37. The van der Waals surface area contributed by atoms with Crippen LogP contribution in [-0.4, -0.2) is 37.1 Å². The van der Waals surface area contributed by atoms with Crippen LogP contribution in [0.25, 0.3) is 0 Å². The molecule has 1 aliphatic heterocycles. The van der Waals surface area contributed by atoms with Crippen molar-refractivity contribution in [3.63, 3.8) is 0 Å². The Labute approximate surface area is 121 Å². The number of rotatable bonds is 5. The Morgan fingerprint density at radius 3 is 2.80 bits per heavy atom. The van der Waals surface area contributed by atoms with Crippen LogP contribution in [0.4, 0.5) is 0 Å². The van der Waals surface area contributed by atoms with Gasteiger partial charge in [-0.25, -0.2) is 0 Å². The molecule has 1 aromatic rings. The van der Waals surface area contributed by atoms with Gasteiger partial charge >= 0.3 is 0 Å². The maximum atomic E-state index is 12.3. The molecule has 20 heavy (non-hydrogen) atoms. The van der Waals surface area contributed by atoms with Crippen LogP contribution >= 0.6 is 0 Å². The molecule has 1 amide bonds. The number of hydrogen-bond acceptors (Lipinski definition) is 3. The number of ether oxygens (including phenoxy) is 1. The third-order valence-corrected chi connectivity index (χ3v) is 3.85. The van der Waals surface area contributed by atoms with Gasteiger partial charge in [-0.3, -0.25) is 10.1 Å². The molecule has 1 saturated heterocycles. The Balaban J connectivity index is 2.23. The molecule has 0 aliphatic carbocycles. The van der Waals surface area contributed by atoms with Gasteiger partial charge in [-0.05, 0) is 38.3 Å². The predicted octanol–water partition coefficient (Wildman–Crippen LogP) is 2.16. The van der Waals surface area contributed by atoms with Gasteiger partial charge in [-0.1, -0.05) is 23.8 Å². The van der Waals surface area contributed by atoms with E-state index in [0.717, 1.165) is 13.0 Å². The van der Waals surface area contributed by atoms with Gasteiger partial charge in [-0.2, -0.15) is 0 Å². The molecule has 0 bridgehead atoms. The number of nitrogens with zero attached hydrogens (tertiary/aromatic N) is 1. The van der Waals surface area contributed by atoms with E-state index in [1.54, 1.807) is 7.11 Å². The summed E-state index contributed by atoms with van der Waals surface area (Å²) in [5.41, 5.74) is 3.63. The largest absolute Gasteiger partial charge is 0.385 e. The number of amides is 1. The van der Waals surface area contributed by atoms with E-state index in [0.29, 0.717) is 6.61 Å². The third-order valence-electron chi connectivity index (χ3n) is 3.85. The molecule has 1 aliphatic rings. The van der Waals surface area contributed by atoms with Crippen LogP contribution in [0.5, 0.6) is 0 Å². The standard InChI is InChI=1S/C16H24N2O2/c1-11-6-7-12(2)14(10-11)15-17-13(3)16(19)18(15)8-5-9-20-4/h6-7,10,13,15,17H,5,8-9H2,1-4H3. The summed E-state index contributed by atoms with van der Waals surface area (Å²) in [6.07, 6.45) is 0.840. The number of hydrogen-bond donors (Lipinski definition) is 1. The Bertz CT molecular complexity index is 487. The summed E-state index contributed by atoms with van der Waals surface area (Å²) in [6.45, 7) is 7.51. The topological polar surface area (TPSA) is 41.6 Å². The summed E-state index contributed by atoms with van der Waals surface area (Å²) < 4.78 is 5.09. The molecule has 110 valence electrons. The fraction of sp³-hybridized carbons (Fsp3) is 0.562. The first-order valence-electron chi connectivity index (χ1n) is 7.17. The smallest absolute Gasteiger partial charge is 0.241 e. The molecule has 0 aromatic heterocycles. The minimum atomic E-state index is -0.123. The fourth-order valence-electron chi connectivity index (χ4n) is 2.70. The van der Waals surface area contributed by atoms with Gasteiger partial charge in [0.1, 0.15) is 6.17 Å². The van der Waals surface area contributed by atoms with Gasteiger partial charge < -0.3 is 9.64 Å². The molecule has 2 atom stereocenters. The molecule has 2 unspecified atom stereocenters. The summed E-state index contributed by atoms with van der Waals surface area (Å²) in [7, 11) is 1.69. The number of aryl methyl sites for hydroxylation is 2. The normalized spacial score (nSPS) is 22.6. The van der Waals surface area contributed by atoms with E-state index < -0.39 is 0 Å². The van der Waals surface area contributed by atoms with Crippen LogP contribution in [0, 0.1) is 13.8 Å². The van der Waals surface area contributed by atoms with Crippen LogP contribution in [0.15, 0.2) is 18.2 Å². The zero-order valence-electron chi connectivity index (χ0n) is 12.8. The van der Waals surface area contributed by atoms with Crippen molar-refractivity contribution in [3.05, 3.63) is 34.9 Å². The Hall–Kier alpha value is -1.39. The minimum absolute atomic E-state index is 0.0192. The van der Waals surface area contributed by atoms with Crippen LogP contribution in [0.3, 0.4) is 0 Å². The minimum Gasteiger partial charge on any atom is -0.385 e. The average molecular weight is 276 g/mol. The lowest BCUT2D eigenvalue weighted by atomic mass is 10.0. The highest BCUT2D eigenvalue weighted by molar-refractivity contribution is 5.84. The van der Waals surface area contributed by atoms with Gasteiger partial charge in [0.05, 0.1) is 6.04 Å².